The van der Waals surface area contributed by atoms with Gasteiger partial charge in [-0.05, 0) is 25.7 Å². The Balaban J connectivity index is 2.36. The van der Waals surface area contributed by atoms with Gasteiger partial charge in [-0.1, -0.05) is 13.8 Å². The van der Waals surface area contributed by atoms with Gasteiger partial charge in [0.15, 0.2) is 0 Å². The minimum Gasteiger partial charge on any atom is -0.480 e. The van der Waals surface area contributed by atoms with Gasteiger partial charge in [0.25, 0.3) is 0 Å². The minimum absolute atomic E-state index is 0.154. The molecular formula is C12H23NO3. The van der Waals surface area contributed by atoms with E-state index in [2.05, 4.69) is 18.7 Å². The van der Waals surface area contributed by atoms with E-state index in [1.54, 1.807) is 0 Å². The van der Waals surface area contributed by atoms with Gasteiger partial charge in [0.05, 0.1) is 12.6 Å². The molecule has 0 aromatic heterocycles. The number of ether oxygens (including phenoxy) is 1. The number of hydrogen-bond donors (Lipinski definition) is 1. The topological polar surface area (TPSA) is 49.8 Å². The van der Waals surface area contributed by atoms with Crippen LogP contribution in [0.3, 0.4) is 0 Å². The fourth-order valence-electron chi connectivity index (χ4n) is 2.19. The number of carbonyl (C=O) groups is 1. The van der Waals surface area contributed by atoms with Crippen molar-refractivity contribution in [3.8, 4) is 0 Å². The molecule has 0 amide bonds. The van der Waals surface area contributed by atoms with Gasteiger partial charge in [-0.25, -0.2) is 0 Å². The lowest BCUT2D eigenvalue weighted by molar-refractivity contribution is -0.141. The Morgan fingerprint density at radius 3 is 2.56 bits per heavy atom. The molecule has 1 fully saturated rings. The Hall–Kier alpha value is -0.610. The molecule has 4 heteroatoms. The van der Waals surface area contributed by atoms with E-state index in [4.69, 9.17) is 9.84 Å². The summed E-state index contributed by atoms with van der Waals surface area (Å²) >= 11 is 0. The van der Waals surface area contributed by atoms with Crippen LogP contribution in [0, 0.1) is 5.92 Å². The van der Waals surface area contributed by atoms with Crippen molar-refractivity contribution in [3.63, 3.8) is 0 Å². The first kappa shape index (κ1) is 13.5. The Bertz CT molecular complexity index is 224. The van der Waals surface area contributed by atoms with Crippen molar-refractivity contribution < 1.29 is 14.6 Å². The molecule has 1 N–H and O–H groups in total. The Labute approximate surface area is 97.6 Å². The highest BCUT2D eigenvalue weighted by Gasteiger charge is 2.34. The highest BCUT2D eigenvalue weighted by molar-refractivity contribution is 5.69. The Morgan fingerprint density at radius 1 is 1.50 bits per heavy atom. The first-order valence-corrected chi connectivity index (χ1v) is 6.10. The molecule has 1 aliphatic rings. The summed E-state index contributed by atoms with van der Waals surface area (Å²) < 4.78 is 5.49. The van der Waals surface area contributed by atoms with E-state index in [9.17, 15) is 4.79 Å². The smallest absolute Gasteiger partial charge is 0.317 e. The predicted octanol–water partition coefficient (Wildman–Crippen LogP) is 1.60. The van der Waals surface area contributed by atoms with Gasteiger partial charge < -0.3 is 9.84 Å². The van der Waals surface area contributed by atoms with E-state index in [1.165, 1.54) is 0 Å². The number of carboxylic acids is 1. The van der Waals surface area contributed by atoms with Crippen molar-refractivity contribution in [1.29, 1.82) is 0 Å². The summed E-state index contributed by atoms with van der Waals surface area (Å²) in [5.74, 6) is -0.231. The third kappa shape index (κ3) is 4.10. The van der Waals surface area contributed by atoms with Gasteiger partial charge in [-0.3, -0.25) is 9.69 Å². The van der Waals surface area contributed by atoms with Crippen LogP contribution in [-0.2, 0) is 9.53 Å². The number of nitrogens with zero attached hydrogens (tertiary/aromatic N) is 1. The lowest BCUT2D eigenvalue weighted by Crippen LogP contribution is -2.50. The predicted molar refractivity (Wildman–Crippen MR) is 62.5 cm³/mol. The zero-order chi connectivity index (χ0) is 12.1. The van der Waals surface area contributed by atoms with Crippen LogP contribution in [0.4, 0.5) is 0 Å². The second-order valence-corrected chi connectivity index (χ2v) is 4.92. The van der Waals surface area contributed by atoms with E-state index in [0.717, 1.165) is 26.0 Å². The maximum atomic E-state index is 10.8. The Kier molecular flexibility index (Phi) is 5.22. The Morgan fingerprint density at radius 2 is 2.12 bits per heavy atom. The molecule has 0 unspecified atom stereocenters. The first-order chi connectivity index (χ1) is 7.52. The maximum absolute atomic E-state index is 10.8. The average molecular weight is 229 g/mol. The van der Waals surface area contributed by atoms with Crippen molar-refractivity contribution in [2.45, 2.75) is 45.8 Å². The third-order valence-corrected chi connectivity index (χ3v) is 2.93. The second kappa shape index (κ2) is 6.21. The number of hydrogen-bond acceptors (Lipinski definition) is 3. The SMILES string of the molecule is CCOC1CC(N(CC(=O)O)CC(C)C)C1. The number of carboxylic acid groups (broad SMARTS) is 1. The zero-order valence-corrected chi connectivity index (χ0v) is 10.5. The normalized spacial score (nSPS) is 24.8. The van der Waals surface area contributed by atoms with Gasteiger partial charge in [-0.2, -0.15) is 0 Å². The summed E-state index contributed by atoms with van der Waals surface area (Å²) in [4.78, 5) is 12.8. The lowest BCUT2D eigenvalue weighted by Gasteiger charge is -2.42. The van der Waals surface area contributed by atoms with Gasteiger partial charge in [-0.15, -0.1) is 0 Å². The average Bonchev–Trinajstić information content (AvgIpc) is 2.07. The molecular weight excluding hydrogens is 206 g/mol. The summed E-state index contributed by atoms with van der Waals surface area (Å²) in [6.45, 7) is 8.00. The molecule has 1 rings (SSSR count). The van der Waals surface area contributed by atoms with Gasteiger partial charge in [0.1, 0.15) is 0 Å². The zero-order valence-electron chi connectivity index (χ0n) is 10.5. The molecule has 1 saturated carbocycles. The van der Waals surface area contributed by atoms with Gasteiger partial charge in [0, 0.05) is 19.2 Å². The van der Waals surface area contributed by atoms with Crippen LogP contribution < -0.4 is 0 Å². The van der Waals surface area contributed by atoms with E-state index < -0.39 is 5.97 Å². The molecule has 0 bridgehead atoms. The molecule has 0 heterocycles. The summed E-state index contributed by atoms with van der Waals surface area (Å²) in [6.07, 6.45) is 2.31. The van der Waals surface area contributed by atoms with Crippen LogP contribution in [0.5, 0.6) is 0 Å². The molecule has 0 aromatic rings. The second-order valence-electron chi connectivity index (χ2n) is 4.92. The number of rotatable bonds is 7. The molecule has 94 valence electrons. The molecule has 0 atom stereocenters. The summed E-state index contributed by atoms with van der Waals surface area (Å²) in [7, 11) is 0. The summed E-state index contributed by atoms with van der Waals surface area (Å²) in [5.41, 5.74) is 0. The fraction of sp³-hybridized carbons (Fsp3) is 0.917. The van der Waals surface area contributed by atoms with Crippen molar-refractivity contribution in [1.82, 2.24) is 4.90 Å². The van der Waals surface area contributed by atoms with Crippen molar-refractivity contribution in [2.75, 3.05) is 19.7 Å². The molecule has 0 spiro atoms. The first-order valence-electron chi connectivity index (χ1n) is 6.10. The highest BCUT2D eigenvalue weighted by atomic mass is 16.5. The molecule has 0 aromatic carbocycles. The summed E-state index contributed by atoms with van der Waals surface area (Å²) in [5, 5.41) is 8.86. The monoisotopic (exact) mass is 229 g/mol. The van der Waals surface area contributed by atoms with Gasteiger partial charge >= 0.3 is 5.97 Å². The van der Waals surface area contributed by atoms with Crippen LogP contribution >= 0.6 is 0 Å². The van der Waals surface area contributed by atoms with Crippen LogP contribution in [0.25, 0.3) is 0 Å². The van der Waals surface area contributed by atoms with E-state index >= 15 is 0 Å². The van der Waals surface area contributed by atoms with E-state index in [0.29, 0.717) is 18.1 Å². The van der Waals surface area contributed by atoms with Crippen LogP contribution in [0.2, 0.25) is 0 Å². The van der Waals surface area contributed by atoms with Gasteiger partial charge in [0.2, 0.25) is 0 Å². The van der Waals surface area contributed by atoms with E-state index in [-0.39, 0.29) is 6.54 Å². The quantitative estimate of drug-likeness (QED) is 0.720. The molecule has 4 nitrogen and oxygen atoms in total. The molecule has 16 heavy (non-hydrogen) atoms. The lowest BCUT2D eigenvalue weighted by atomic mass is 9.87. The minimum atomic E-state index is -0.736. The van der Waals surface area contributed by atoms with E-state index in [1.807, 2.05) is 6.92 Å². The van der Waals surface area contributed by atoms with Crippen molar-refractivity contribution in [2.24, 2.45) is 5.92 Å². The molecule has 0 radical (unpaired) electrons. The standard InChI is InChI=1S/C12H23NO3/c1-4-16-11-5-10(6-11)13(7-9(2)3)8-12(14)15/h9-11H,4-8H2,1-3H3,(H,14,15). The molecule has 1 aliphatic carbocycles. The summed E-state index contributed by atoms with van der Waals surface area (Å²) in [6, 6.07) is 0.398. The largest absolute Gasteiger partial charge is 0.480 e. The maximum Gasteiger partial charge on any atom is 0.317 e. The van der Waals surface area contributed by atoms with Crippen molar-refractivity contribution >= 4 is 5.97 Å². The fourth-order valence-corrected chi connectivity index (χ4v) is 2.19. The number of aliphatic carboxylic acids is 1. The third-order valence-electron chi connectivity index (χ3n) is 2.93. The van der Waals surface area contributed by atoms with Crippen molar-refractivity contribution in [3.05, 3.63) is 0 Å². The highest BCUT2D eigenvalue weighted by Crippen LogP contribution is 2.28. The molecule has 0 saturated heterocycles. The van der Waals surface area contributed by atoms with Crippen LogP contribution in [0.1, 0.15) is 33.6 Å². The van der Waals surface area contributed by atoms with Crippen LogP contribution in [0.15, 0.2) is 0 Å². The van der Waals surface area contributed by atoms with Crippen LogP contribution in [-0.4, -0.2) is 47.8 Å². The molecule has 0 aliphatic heterocycles.